The lowest BCUT2D eigenvalue weighted by Gasteiger charge is -2.20. The number of rotatable bonds is 4. The largest absolute Gasteiger partial charge is 0.132 e. The van der Waals surface area contributed by atoms with Crippen LogP contribution in [0.1, 0.15) is 17.9 Å². The minimum Gasteiger partial charge on any atom is -0.132 e. The molecule has 0 nitrogen and oxygen atoms in total. The van der Waals surface area contributed by atoms with E-state index >= 15 is 0 Å². The Morgan fingerprint density at radius 2 is 1.27 bits per heavy atom. The molecule has 0 heterocycles. The fourth-order valence-corrected chi connectivity index (χ4v) is 7.05. The first kappa shape index (κ1) is 24.7. The fourth-order valence-electron chi connectivity index (χ4n) is 6.18. The second-order valence-corrected chi connectivity index (χ2v) is 11.2. The summed E-state index contributed by atoms with van der Waals surface area (Å²) in [4.78, 5) is 1.39. The van der Waals surface area contributed by atoms with E-state index in [9.17, 15) is 0 Å². The maximum Gasteiger partial charge on any atom is 0.0338 e. The Hall–Kier alpha value is -4.33. The molecular formula is C39H30S. The van der Waals surface area contributed by atoms with Crippen LogP contribution < -0.4 is 0 Å². The summed E-state index contributed by atoms with van der Waals surface area (Å²) >= 11 is 1.86. The number of hydrogen-bond donors (Lipinski definition) is 0. The fraction of sp³-hybridized carbons (Fsp3) is 0.0769. The molecule has 1 unspecified atom stereocenters. The molecule has 0 saturated heterocycles. The number of hydrogen-bond acceptors (Lipinski definition) is 1. The Bertz CT molecular complexity index is 1920. The molecule has 0 bridgehead atoms. The van der Waals surface area contributed by atoms with Crippen LogP contribution in [0.4, 0.5) is 0 Å². The van der Waals surface area contributed by atoms with Crippen LogP contribution in [0.5, 0.6) is 0 Å². The van der Waals surface area contributed by atoms with Gasteiger partial charge < -0.3 is 0 Å². The van der Waals surface area contributed by atoms with Crippen molar-refractivity contribution >= 4 is 44.1 Å². The number of fused-ring (bicyclic) bond motifs is 6. The van der Waals surface area contributed by atoms with Crippen molar-refractivity contribution in [3.8, 4) is 11.1 Å². The lowest BCUT2D eigenvalue weighted by molar-refractivity contribution is 1.06. The zero-order valence-electron chi connectivity index (χ0n) is 22.5. The van der Waals surface area contributed by atoms with Gasteiger partial charge in [0.1, 0.15) is 0 Å². The first-order chi connectivity index (χ1) is 19.8. The summed E-state index contributed by atoms with van der Waals surface area (Å²) in [6.07, 6.45) is 23.2. The summed E-state index contributed by atoms with van der Waals surface area (Å²) in [7, 11) is 0. The predicted molar refractivity (Wildman–Crippen MR) is 177 cm³/mol. The Balaban J connectivity index is 1.36. The summed E-state index contributed by atoms with van der Waals surface area (Å²) in [6.45, 7) is 0. The van der Waals surface area contributed by atoms with Crippen LogP contribution in [0.15, 0.2) is 162 Å². The minimum absolute atomic E-state index is 0.204. The van der Waals surface area contributed by atoms with Crippen molar-refractivity contribution in [2.24, 2.45) is 0 Å². The molecule has 1 atom stereocenters. The molecule has 40 heavy (non-hydrogen) atoms. The predicted octanol–water partition coefficient (Wildman–Crippen LogP) is 11.1. The van der Waals surface area contributed by atoms with E-state index in [-0.39, 0.29) is 5.92 Å². The van der Waals surface area contributed by atoms with Gasteiger partial charge in [-0.05, 0) is 78.9 Å². The Morgan fingerprint density at radius 1 is 0.600 bits per heavy atom. The molecule has 2 aliphatic carbocycles. The first-order valence-corrected chi connectivity index (χ1v) is 15.1. The highest BCUT2D eigenvalue weighted by Crippen LogP contribution is 2.41. The van der Waals surface area contributed by atoms with Crippen LogP contribution in [-0.2, 0) is 0 Å². The highest BCUT2D eigenvalue weighted by atomic mass is 32.2. The highest BCUT2D eigenvalue weighted by molar-refractivity contribution is 8.02. The van der Waals surface area contributed by atoms with E-state index in [1.807, 2.05) is 11.8 Å². The lowest BCUT2D eigenvalue weighted by Crippen LogP contribution is -2.01. The second kappa shape index (κ2) is 10.7. The average Bonchev–Trinajstić information content (AvgIpc) is 3.42. The van der Waals surface area contributed by atoms with Gasteiger partial charge in [0.15, 0.2) is 0 Å². The van der Waals surface area contributed by atoms with Gasteiger partial charge in [-0.2, -0.15) is 0 Å². The monoisotopic (exact) mass is 530 g/mol. The smallest absolute Gasteiger partial charge is 0.0338 e. The molecule has 0 spiro atoms. The summed E-state index contributed by atoms with van der Waals surface area (Å²) in [5.41, 5.74) is 6.43. The van der Waals surface area contributed by atoms with Crippen molar-refractivity contribution in [2.45, 2.75) is 12.3 Å². The third-order valence-electron chi connectivity index (χ3n) is 8.08. The summed E-state index contributed by atoms with van der Waals surface area (Å²) < 4.78 is 0. The van der Waals surface area contributed by atoms with E-state index in [2.05, 4.69) is 152 Å². The molecule has 0 amide bonds. The quantitative estimate of drug-likeness (QED) is 0.208. The van der Waals surface area contributed by atoms with Gasteiger partial charge in [-0.25, -0.2) is 0 Å². The second-order valence-electron chi connectivity index (χ2n) is 10.4. The van der Waals surface area contributed by atoms with Gasteiger partial charge >= 0.3 is 0 Å². The SMILES string of the molecule is CSC1=C(C2=CCC=CC=C2)C=CC=CC1c1cccc(-c2ccc3c4ccccc4c4ccccc4c3c2)c1. The molecule has 0 aliphatic heterocycles. The molecule has 5 aromatic rings. The van der Waals surface area contributed by atoms with Crippen LogP contribution in [-0.4, -0.2) is 6.26 Å². The third-order valence-corrected chi connectivity index (χ3v) is 8.99. The summed E-state index contributed by atoms with van der Waals surface area (Å²) in [5.74, 6) is 0.204. The van der Waals surface area contributed by atoms with Gasteiger partial charge in [0.2, 0.25) is 0 Å². The molecule has 0 aromatic heterocycles. The maximum atomic E-state index is 2.39. The molecule has 1 heteroatoms. The molecular weight excluding hydrogens is 500 g/mol. The van der Waals surface area contributed by atoms with Gasteiger partial charge in [-0.1, -0.05) is 140 Å². The standard InChI is InChI=1S/C39H30S/c1-40-39-31(27-13-4-2-3-5-14-27)17-6-7-18-32(39)30-16-12-15-28(25-30)29-23-24-37-35-21-9-8-19-33(35)34-20-10-11-22-36(34)38(37)26-29/h2-4,6-26,32H,5H2,1H3. The number of thioether (sulfide) groups is 1. The van der Waals surface area contributed by atoms with E-state index in [0.29, 0.717) is 0 Å². The average molecular weight is 531 g/mol. The van der Waals surface area contributed by atoms with Crippen LogP contribution in [0, 0.1) is 0 Å². The highest BCUT2D eigenvalue weighted by Gasteiger charge is 2.20. The maximum absolute atomic E-state index is 2.39. The molecule has 2 aliphatic rings. The van der Waals surface area contributed by atoms with Crippen LogP contribution >= 0.6 is 11.8 Å². The molecule has 0 fully saturated rings. The Labute approximate surface area is 240 Å². The zero-order valence-corrected chi connectivity index (χ0v) is 23.4. The first-order valence-electron chi connectivity index (χ1n) is 13.9. The molecule has 192 valence electrons. The van der Waals surface area contributed by atoms with Crippen LogP contribution in [0.2, 0.25) is 0 Å². The van der Waals surface area contributed by atoms with Gasteiger partial charge in [0.25, 0.3) is 0 Å². The van der Waals surface area contributed by atoms with Crippen molar-refractivity contribution < 1.29 is 0 Å². The van der Waals surface area contributed by atoms with Crippen LogP contribution in [0.25, 0.3) is 43.4 Å². The van der Waals surface area contributed by atoms with E-state index < -0.39 is 0 Å². The van der Waals surface area contributed by atoms with E-state index in [0.717, 1.165) is 6.42 Å². The zero-order chi connectivity index (χ0) is 26.9. The molecule has 7 rings (SSSR count). The molecule has 0 N–H and O–H groups in total. The van der Waals surface area contributed by atoms with Crippen molar-refractivity contribution in [1.29, 1.82) is 0 Å². The van der Waals surface area contributed by atoms with E-state index in [1.165, 1.54) is 65.1 Å². The topological polar surface area (TPSA) is 0 Å². The Kier molecular flexibility index (Phi) is 6.59. The summed E-state index contributed by atoms with van der Waals surface area (Å²) in [6, 6.07) is 33.7. The van der Waals surface area contributed by atoms with E-state index in [1.54, 1.807) is 0 Å². The van der Waals surface area contributed by atoms with Crippen LogP contribution in [0.3, 0.4) is 0 Å². The van der Waals surface area contributed by atoms with E-state index in [4.69, 9.17) is 0 Å². The number of allylic oxidation sites excluding steroid dienone is 12. The van der Waals surface area contributed by atoms with Crippen molar-refractivity contribution in [3.63, 3.8) is 0 Å². The normalized spacial score (nSPS) is 17.0. The van der Waals surface area contributed by atoms with Crippen molar-refractivity contribution in [1.82, 2.24) is 0 Å². The molecule has 0 saturated carbocycles. The lowest BCUT2D eigenvalue weighted by atomic mass is 9.89. The van der Waals surface area contributed by atoms with Gasteiger partial charge in [-0.3, -0.25) is 0 Å². The van der Waals surface area contributed by atoms with Gasteiger partial charge in [0, 0.05) is 10.8 Å². The summed E-state index contributed by atoms with van der Waals surface area (Å²) in [5, 5.41) is 7.87. The molecule has 0 radical (unpaired) electrons. The van der Waals surface area contributed by atoms with Crippen molar-refractivity contribution in [3.05, 3.63) is 167 Å². The number of benzene rings is 5. The Morgan fingerprint density at radius 3 is 2.02 bits per heavy atom. The third kappa shape index (κ3) is 4.37. The van der Waals surface area contributed by atoms with Gasteiger partial charge in [-0.15, -0.1) is 11.8 Å². The van der Waals surface area contributed by atoms with Crippen molar-refractivity contribution in [2.75, 3.05) is 6.26 Å². The molecule has 5 aromatic carbocycles. The van der Waals surface area contributed by atoms with Gasteiger partial charge in [0.05, 0.1) is 0 Å². The minimum atomic E-state index is 0.204.